The number of hydrogen-bond donors (Lipinski definition) is 1. The van der Waals surface area contributed by atoms with Gasteiger partial charge in [0.2, 0.25) is 11.7 Å². The molecule has 6 heteroatoms. The van der Waals surface area contributed by atoms with Crippen LogP contribution in [0.25, 0.3) is 11.5 Å². The molecule has 3 aromatic rings. The van der Waals surface area contributed by atoms with Gasteiger partial charge in [0, 0.05) is 18.3 Å². The first kappa shape index (κ1) is 12.3. The fourth-order valence-electron chi connectivity index (χ4n) is 2.47. The number of aromatic nitrogens is 3. The Labute approximate surface area is 126 Å². The minimum Gasteiger partial charge on any atom is -0.373 e. The van der Waals surface area contributed by atoms with Crippen molar-refractivity contribution in [2.24, 2.45) is 0 Å². The maximum absolute atomic E-state index is 6.10. The number of nitrogens with one attached hydrogen (secondary N) is 1. The summed E-state index contributed by atoms with van der Waals surface area (Å²) in [6, 6.07) is 11.7. The van der Waals surface area contributed by atoms with Gasteiger partial charge in [-0.25, -0.2) is 0 Å². The molecule has 0 unspecified atom stereocenters. The topological polar surface area (TPSA) is 63.8 Å². The van der Waals surface area contributed by atoms with E-state index in [9.17, 15) is 0 Å². The third-order valence-corrected chi connectivity index (χ3v) is 3.79. The van der Waals surface area contributed by atoms with E-state index < -0.39 is 0 Å². The smallest absolute Gasteiger partial charge is 0.249 e. The van der Waals surface area contributed by atoms with Crippen LogP contribution in [0.2, 0.25) is 5.02 Å². The van der Waals surface area contributed by atoms with Crippen LogP contribution >= 0.6 is 11.6 Å². The Hall–Kier alpha value is -2.40. The summed E-state index contributed by atoms with van der Waals surface area (Å²) in [5.74, 6) is 0.955. The number of benzene rings is 1. The lowest BCUT2D eigenvalue weighted by molar-refractivity contribution is 0.364. The molecule has 0 saturated carbocycles. The Morgan fingerprint density at radius 1 is 1.19 bits per heavy atom. The molecule has 0 radical (unpaired) electrons. The van der Waals surface area contributed by atoms with Crippen LogP contribution in [0.3, 0.4) is 0 Å². The van der Waals surface area contributed by atoms with Crippen molar-refractivity contribution in [3.8, 4) is 11.5 Å². The van der Waals surface area contributed by atoms with Crippen molar-refractivity contribution in [2.75, 3.05) is 5.32 Å². The molecule has 5 nitrogen and oxygen atoms in total. The summed E-state index contributed by atoms with van der Waals surface area (Å²) >= 11 is 6.10. The predicted molar refractivity (Wildman–Crippen MR) is 79.0 cm³/mol. The number of halogens is 1. The second-order valence-corrected chi connectivity index (χ2v) is 5.26. The molecular weight excluding hydrogens is 288 g/mol. The van der Waals surface area contributed by atoms with E-state index in [0.717, 1.165) is 12.1 Å². The van der Waals surface area contributed by atoms with E-state index in [1.165, 1.54) is 5.56 Å². The fraction of sp³-hybridized carbons (Fsp3) is 0.133. The normalized spacial score (nSPS) is 16.5. The summed E-state index contributed by atoms with van der Waals surface area (Å²) in [5, 5.41) is 7.87. The van der Waals surface area contributed by atoms with E-state index in [1.807, 2.05) is 18.2 Å². The number of fused-ring (bicyclic) bond motifs is 1. The van der Waals surface area contributed by atoms with Crippen LogP contribution in [0.1, 0.15) is 17.5 Å². The zero-order valence-corrected chi connectivity index (χ0v) is 11.7. The summed E-state index contributed by atoms with van der Waals surface area (Å²) in [4.78, 5) is 8.61. The molecule has 0 fully saturated rings. The lowest BCUT2D eigenvalue weighted by Gasteiger charge is -2.04. The molecule has 1 aromatic carbocycles. The van der Waals surface area contributed by atoms with Crippen LogP contribution in [-0.4, -0.2) is 15.1 Å². The zero-order chi connectivity index (χ0) is 14.2. The first-order valence-electron chi connectivity index (χ1n) is 6.60. The number of rotatable bonds is 2. The minimum absolute atomic E-state index is 0.00821. The van der Waals surface area contributed by atoms with Gasteiger partial charge in [-0.1, -0.05) is 35.0 Å². The van der Waals surface area contributed by atoms with Gasteiger partial charge >= 0.3 is 0 Å². The number of pyridine rings is 1. The van der Waals surface area contributed by atoms with Crippen molar-refractivity contribution < 1.29 is 4.52 Å². The average molecular weight is 299 g/mol. The third-order valence-electron chi connectivity index (χ3n) is 3.48. The van der Waals surface area contributed by atoms with Crippen molar-refractivity contribution in [1.29, 1.82) is 0 Å². The van der Waals surface area contributed by atoms with Crippen molar-refractivity contribution in [3.05, 3.63) is 59.1 Å². The Morgan fingerprint density at radius 2 is 2.10 bits per heavy atom. The molecule has 1 aliphatic rings. The number of para-hydroxylation sites is 1. The van der Waals surface area contributed by atoms with Gasteiger partial charge in [-0.05, 0) is 23.8 Å². The number of anilines is 1. The first-order valence-corrected chi connectivity index (χ1v) is 6.98. The summed E-state index contributed by atoms with van der Waals surface area (Å²) < 4.78 is 5.37. The van der Waals surface area contributed by atoms with Crippen molar-refractivity contribution in [3.63, 3.8) is 0 Å². The van der Waals surface area contributed by atoms with Gasteiger partial charge < -0.3 is 9.84 Å². The molecule has 0 spiro atoms. The quantitative estimate of drug-likeness (QED) is 0.784. The molecule has 104 valence electrons. The molecule has 3 heterocycles. The average Bonchev–Trinajstić information content (AvgIpc) is 3.14. The molecule has 1 aliphatic heterocycles. The zero-order valence-electron chi connectivity index (χ0n) is 11.0. The van der Waals surface area contributed by atoms with Crippen molar-refractivity contribution in [2.45, 2.75) is 12.5 Å². The lowest BCUT2D eigenvalue weighted by Crippen LogP contribution is -2.05. The highest BCUT2D eigenvalue weighted by Gasteiger charge is 2.27. The highest BCUT2D eigenvalue weighted by atomic mass is 35.5. The predicted octanol–water partition coefficient (Wildman–Crippen LogP) is 3.49. The van der Waals surface area contributed by atoms with Gasteiger partial charge in [-0.3, -0.25) is 4.98 Å². The van der Waals surface area contributed by atoms with E-state index in [-0.39, 0.29) is 6.04 Å². The lowest BCUT2D eigenvalue weighted by atomic mass is 10.1. The van der Waals surface area contributed by atoms with Crippen LogP contribution in [0.15, 0.2) is 47.1 Å². The van der Waals surface area contributed by atoms with E-state index in [4.69, 9.17) is 16.1 Å². The highest BCUT2D eigenvalue weighted by Crippen LogP contribution is 2.34. The second kappa shape index (κ2) is 4.86. The van der Waals surface area contributed by atoms with Gasteiger partial charge in [0.1, 0.15) is 11.7 Å². The Morgan fingerprint density at radius 3 is 2.95 bits per heavy atom. The standard InChI is InChI=1S/C15H11ClN4O/c16-10-5-3-7-17-13(10)14-19-15(21-20-14)12-8-9-4-1-2-6-11(9)18-12/h1-7,12,18H,8H2/t12-/m0/s1. The molecular formula is C15H11ClN4O. The maximum Gasteiger partial charge on any atom is 0.249 e. The van der Waals surface area contributed by atoms with Gasteiger partial charge in [0.05, 0.1) is 5.02 Å². The van der Waals surface area contributed by atoms with Gasteiger partial charge in [0.25, 0.3) is 0 Å². The molecule has 1 N–H and O–H groups in total. The molecule has 1 atom stereocenters. The molecule has 4 rings (SSSR count). The second-order valence-electron chi connectivity index (χ2n) is 4.85. The van der Waals surface area contributed by atoms with Crippen molar-refractivity contribution in [1.82, 2.24) is 15.1 Å². The Bertz CT molecular complexity index is 777. The van der Waals surface area contributed by atoms with Crippen LogP contribution in [-0.2, 0) is 6.42 Å². The Kier molecular flexibility index (Phi) is 2.86. The van der Waals surface area contributed by atoms with E-state index in [0.29, 0.717) is 22.4 Å². The summed E-state index contributed by atoms with van der Waals surface area (Å²) in [6.07, 6.45) is 2.48. The first-order chi connectivity index (χ1) is 10.3. The summed E-state index contributed by atoms with van der Waals surface area (Å²) in [6.45, 7) is 0. The molecule has 0 amide bonds. The van der Waals surface area contributed by atoms with Gasteiger partial charge in [-0.15, -0.1) is 0 Å². The van der Waals surface area contributed by atoms with E-state index >= 15 is 0 Å². The molecule has 0 saturated heterocycles. The fourth-order valence-corrected chi connectivity index (χ4v) is 2.68. The van der Waals surface area contributed by atoms with Gasteiger partial charge in [0.15, 0.2) is 0 Å². The number of nitrogens with zero attached hydrogens (tertiary/aromatic N) is 3. The number of hydrogen-bond acceptors (Lipinski definition) is 5. The highest BCUT2D eigenvalue weighted by molar-refractivity contribution is 6.32. The summed E-state index contributed by atoms with van der Waals surface area (Å²) in [7, 11) is 0. The van der Waals surface area contributed by atoms with Crippen LogP contribution in [0.5, 0.6) is 0 Å². The van der Waals surface area contributed by atoms with E-state index in [2.05, 4.69) is 26.5 Å². The molecule has 2 aromatic heterocycles. The monoisotopic (exact) mass is 298 g/mol. The van der Waals surface area contributed by atoms with E-state index in [1.54, 1.807) is 18.3 Å². The summed E-state index contributed by atoms with van der Waals surface area (Å²) in [5.41, 5.74) is 2.89. The maximum atomic E-state index is 6.10. The van der Waals surface area contributed by atoms with Crippen LogP contribution in [0, 0.1) is 0 Å². The Balaban J connectivity index is 1.63. The third kappa shape index (κ3) is 2.15. The molecule has 0 aliphatic carbocycles. The van der Waals surface area contributed by atoms with Crippen LogP contribution in [0.4, 0.5) is 5.69 Å². The molecule has 0 bridgehead atoms. The SMILES string of the molecule is Clc1cccnc1-c1noc([C@@H]2Cc3ccccc3N2)n1. The van der Waals surface area contributed by atoms with Crippen LogP contribution < -0.4 is 5.32 Å². The molecule has 21 heavy (non-hydrogen) atoms. The largest absolute Gasteiger partial charge is 0.373 e. The van der Waals surface area contributed by atoms with Gasteiger partial charge in [-0.2, -0.15) is 4.98 Å². The minimum atomic E-state index is -0.00821. The van der Waals surface area contributed by atoms with Crippen molar-refractivity contribution >= 4 is 17.3 Å².